The summed E-state index contributed by atoms with van der Waals surface area (Å²) in [7, 11) is 0. The zero-order valence-electron chi connectivity index (χ0n) is 11.7. The average molecular weight is 346 g/mol. The van der Waals surface area contributed by atoms with E-state index < -0.39 is 5.60 Å². The van der Waals surface area contributed by atoms with Crippen molar-refractivity contribution in [2.24, 2.45) is 0 Å². The highest BCUT2D eigenvalue weighted by atomic mass is 79.9. The molecule has 0 saturated heterocycles. The molecule has 0 unspecified atom stereocenters. The lowest BCUT2D eigenvalue weighted by Crippen LogP contribution is -2.26. The fourth-order valence-corrected chi connectivity index (χ4v) is 2.80. The monoisotopic (exact) mass is 345 g/mol. The van der Waals surface area contributed by atoms with Crippen LogP contribution in [0, 0.1) is 0 Å². The second-order valence-electron chi connectivity index (χ2n) is 4.88. The van der Waals surface area contributed by atoms with Gasteiger partial charge in [-0.1, -0.05) is 37.3 Å². The van der Waals surface area contributed by atoms with Crippen LogP contribution in [-0.2, 0) is 10.4 Å². The van der Waals surface area contributed by atoms with Crippen molar-refractivity contribution in [3.05, 3.63) is 70.8 Å². The van der Waals surface area contributed by atoms with Crippen LogP contribution < -0.4 is 10.2 Å². The molecule has 1 aliphatic rings. The van der Waals surface area contributed by atoms with Crippen molar-refractivity contribution in [3.63, 3.8) is 0 Å². The molecule has 0 aliphatic carbocycles. The first-order chi connectivity index (χ1) is 10.2. The number of nitrogens with one attached hydrogen (secondary N) is 1. The van der Waals surface area contributed by atoms with Crippen molar-refractivity contribution < 1.29 is 9.57 Å². The summed E-state index contributed by atoms with van der Waals surface area (Å²) in [6.45, 7) is 2.10. The molecule has 0 bridgehead atoms. The Hall–Kier alpha value is -1.78. The molecule has 1 heterocycles. The van der Waals surface area contributed by atoms with Gasteiger partial charge in [-0.15, -0.1) is 0 Å². The quantitative estimate of drug-likeness (QED) is 0.803. The van der Waals surface area contributed by atoms with Crippen molar-refractivity contribution in [2.75, 3.05) is 0 Å². The van der Waals surface area contributed by atoms with Crippen LogP contribution >= 0.6 is 15.9 Å². The van der Waals surface area contributed by atoms with E-state index in [1.54, 1.807) is 0 Å². The van der Waals surface area contributed by atoms with Gasteiger partial charge < -0.3 is 4.74 Å². The summed E-state index contributed by atoms with van der Waals surface area (Å²) in [6.07, 6.45) is 2.88. The van der Waals surface area contributed by atoms with E-state index >= 15 is 0 Å². The Balaban J connectivity index is 1.81. The fourth-order valence-electron chi connectivity index (χ4n) is 2.35. The van der Waals surface area contributed by atoms with E-state index in [1.807, 2.05) is 60.7 Å². The van der Waals surface area contributed by atoms with E-state index in [0.717, 1.165) is 28.1 Å². The predicted octanol–water partition coefficient (Wildman–Crippen LogP) is 4.86. The van der Waals surface area contributed by atoms with Crippen LogP contribution in [0.15, 0.2) is 65.3 Å². The predicted molar refractivity (Wildman–Crippen MR) is 86.2 cm³/mol. The van der Waals surface area contributed by atoms with Gasteiger partial charge in [0.25, 0.3) is 0 Å². The molecule has 1 atom stereocenters. The molecule has 0 spiro atoms. The summed E-state index contributed by atoms with van der Waals surface area (Å²) in [4.78, 5) is 5.72. The van der Waals surface area contributed by atoms with Gasteiger partial charge in [0.05, 0.1) is 0 Å². The van der Waals surface area contributed by atoms with Crippen LogP contribution in [0.5, 0.6) is 11.5 Å². The summed E-state index contributed by atoms with van der Waals surface area (Å²) < 4.78 is 6.66. The maximum absolute atomic E-state index is 5.80. The van der Waals surface area contributed by atoms with Gasteiger partial charge in [0.15, 0.2) is 0 Å². The molecular weight excluding hydrogens is 330 g/mol. The molecule has 108 valence electrons. The Labute approximate surface area is 132 Å². The zero-order chi connectivity index (χ0) is 14.7. The summed E-state index contributed by atoms with van der Waals surface area (Å²) in [5.41, 5.74) is 3.52. The Morgan fingerprint density at radius 3 is 2.29 bits per heavy atom. The molecule has 3 rings (SSSR count). The molecule has 0 saturated carbocycles. The molecule has 4 heteroatoms. The molecule has 2 aromatic rings. The molecule has 0 fully saturated rings. The number of hydroxylamine groups is 1. The average Bonchev–Trinajstić information content (AvgIpc) is 2.92. The fraction of sp³-hybridized carbons (Fsp3) is 0.176. The molecule has 21 heavy (non-hydrogen) atoms. The molecule has 0 aromatic heterocycles. The maximum atomic E-state index is 5.80. The third-order valence-corrected chi connectivity index (χ3v) is 3.93. The van der Waals surface area contributed by atoms with Gasteiger partial charge >= 0.3 is 0 Å². The van der Waals surface area contributed by atoms with Crippen molar-refractivity contribution >= 4 is 15.9 Å². The molecule has 0 amide bonds. The smallest absolute Gasteiger partial charge is 0.142 e. The minimum absolute atomic E-state index is 0.426. The van der Waals surface area contributed by atoms with Crippen LogP contribution in [0.2, 0.25) is 0 Å². The van der Waals surface area contributed by atoms with Crippen LogP contribution in [0.25, 0.3) is 0 Å². The van der Waals surface area contributed by atoms with Gasteiger partial charge in [0.1, 0.15) is 21.7 Å². The maximum Gasteiger partial charge on any atom is 0.142 e. The molecule has 1 aliphatic heterocycles. The van der Waals surface area contributed by atoms with Crippen molar-refractivity contribution in [2.45, 2.75) is 18.9 Å². The van der Waals surface area contributed by atoms with E-state index in [0.29, 0.717) is 0 Å². The minimum atomic E-state index is -0.426. The number of hydrogen-bond acceptors (Lipinski definition) is 3. The summed E-state index contributed by atoms with van der Waals surface area (Å²) in [5.74, 6) is 1.64. The number of benzene rings is 2. The van der Waals surface area contributed by atoms with E-state index in [-0.39, 0.29) is 0 Å². The lowest BCUT2D eigenvalue weighted by Gasteiger charge is -2.24. The topological polar surface area (TPSA) is 30.5 Å². The van der Waals surface area contributed by atoms with Gasteiger partial charge in [-0.05, 0) is 58.3 Å². The second-order valence-corrected chi connectivity index (χ2v) is 5.73. The third-order valence-electron chi connectivity index (χ3n) is 3.54. The lowest BCUT2D eigenvalue weighted by molar-refractivity contribution is -0.0442. The van der Waals surface area contributed by atoms with E-state index in [1.165, 1.54) is 0 Å². The molecule has 1 N–H and O–H groups in total. The van der Waals surface area contributed by atoms with Crippen molar-refractivity contribution in [3.8, 4) is 11.5 Å². The van der Waals surface area contributed by atoms with Gasteiger partial charge in [-0.25, -0.2) is 0 Å². The first kappa shape index (κ1) is 14.2. The molecular formula is C17H16BrNO2. The largest absolute Gasteiger partial charge is 0.457 e. The number of halogens is 1. The van der Waals surface area contributed by atoms with E-state index in [2.05, 4.69) is 28.3 Å². The molecule has 0 radical (unpaired) electrons. The second kappa shape index (κ2) is 5.92. The van der Waals surface area contributed by atoms with Gasteiger partial charge in [-0.2, -0.15) is 0 Å². The Morgan fingerprint density at radius 1 is 1.05 bits per heavy atom. The summed E-state index contributed by atoms with van der Waals surface area (Å²) in [6, 6.07) is 17.7. The highest BCUT2D eigenvalue weighted by molar-refractivity contribution is 9.11. The van der Waals surface area contributed by atoms with Gasteiger partial charge in [0.2, 0.25) is 0 Å². The van der Waals surface area contributed by atoms with Crippen LogP contribution in [0.3, 0.4) is 0 Å². The Bertz CT molecular complexity index is 640. The number of para-hydroxylation sites is 1. The van der Waals surface area contributed by atoms with Crippen molar-refractivity contribution in [1.29, 1.82) is 0 Å². The Kier molecular flexibility index (Phi) is 3.99. The third kappa shape index (κ3) is 2.96. The highest BCUT2D eigenvalue weighted by Gasteiger charge is 2.34. The minimum Gasteiger partial charge on any atom is -0.457 e. The van der Waals surface area contributed by atoms with E-state index in [4.69, 9.17) is 9.57 Å². The number of ether oxygens (including phenoxy) is 1. The van der Waals surface area contributed by atoms with Crippen LogP contribution in [0.1, 0.15) is 18.9 Å². The number of hydrogen-bond donors (Lipinski definition) is 1. The zero-order valence-corrected chi connectivity index (χ0v) is 13.3. The number of rotatable bonds is 4. The first-order valence-electron chi connectivity index (χ1n) is 6.88. The van der Waals surface area contributed by atoms with Crippen LogP contribution in [0.4, 0.5) is 0 Å². The SMILES string of the molecule is CC[C@]1(c2ccc(Oc3ccccc3)cc2)C=C(Br)NO1. The molecule has 3 nitrogen and oxygen atoms in total. The summed E-state index contributed by atoms with van der Waals surface area (Å²) >= 11 is 3.41. The first-order valence-corrected chi connectivity index (χ1v) is 7.67. The van der Waals surface area contributed by atoms with E-state index in [9.17, 15) is 0 Å². The lowest BCUT2D eigenvalue weighted by atomic mass is 9.91. The standard InChI is InChI=1S/C17H16BrNO2/c1-2-17(12-16(18)19-21-17)13-8-10-15(11-9-13)20-14-6-4-3-5-7-14/h3-12,19H,2H2,1H3/t17-/m1/s1. The Morgan fingerprint density at radius 2 is 1.71 bits per heavy atom. The summed E-state index contributed by atoms with van der Waals surface area (Å²) in [5, 5.41) is 0. The van der Waals surface area contributed by atoms with Gasteiger partial charge in [0, 0.05) is 0 Å². The molecule has 2 aromatic carbocycles. The van der Waals surface area contributed by atoms with Crippen LogP contribution in [-0.4, -0.2) is 0 Å². The van der Waals surface area contributed by atoms with Gasteiger partial charge in [-0.3, -0.25) is 10.3 Å². The highest BCUT2D eigenvalue weighted by Crippen LogP contribution is 2.37. The van der Waals surface area contributed by atoms with Crippen molar-refractivity contribution in [1.82, 2.24) is 5.48 Å². The normalized spacial score (nSPS) is 20.8.